The third-order valence-electron chi connectivity index (χ3n) is 3.75. The first kappa shape index (κ1) is 15.5. The molecular weight excluding hydrogens is 264 g/mol. The molecule has 1 fully saturated rings. The van der Waals surface area contributed by atoms with Crippen LogP contribution >= 0.6 is 0 Å². The topological polar surface area (TPSA) is 68.2 Å². The summed E-state index contributed by atoms with van der Waals surface area (Å²) in [5, 5.41) is 15.3. The highest BCUT2D eigenvalue weighted by Gasteiger charge is 2.19. The van der Waals surface area contributed by atoms with E-state index < -0.39 is 5.41 Å². The molecule has 1 saturated heterocycles. The van der Waals surface area contributed by atoms with Crippen molar-refractivity contribution >= 4 is 11.6 Å². The van der Waals surface area contributed by atoms with E-state index in [0.29, 0.717) is 6.54 Å². The lowest BCUT2D eigenvalue weighted by molar-refractivity contribution is -0.117. The molecule has 0 aliphatic carbocycles. The van der Waals surface area contributed by atoms with Gasteiger partial charge in [-0.25, -0.2) is 0 Å². The Morgan fingerprint density at radius 2 is 1.95 bits per heavy atom. The Balaban J connectivity index is 1.91. The lowest BCUT2D eigenvalue weighted by Gasteiger charge is -2.26. The van der Waals surface area contributed by atoms with E-state index in [1.165, 1.54) is 0 Å². The Bertz CT molecular complexity index is 524. The van der Waals surface area contributed by atoms with Gasteiger partial charge in [0.25, 0.3) is 0 Å². The van der Waals surface area contributed by atoms with Crippen LogP contribution in [0.15, 0.2) is 24.3 Å². The molecule has 0 atom stereocenters. The van der Waals surface area contributed by atoms with E-state index >= 15 is 0 Å². The molecule has 2 N–H and O–H groups in total. The first-order chi connectivity index (χ1) is 10.0. The number of hydrogen-bond donors (Lipinski definition) is 2. The zero-order valence-electron chi connectivity index (χ0n) is 12.6. The summed E-state index contributed by atoms with van der Waals surface area (Å²) < 4.78 is 0. The van der Waals surface area contributed by atoms with E-state index in [9.17, 15) is 4.79 Å². The highest BCUT2D eigenvalue weighted by Crippen LogP contribution is 2.23. The van der Waals surface area contributed by atoms with Crippen molar-refractivity contribution in [2.75, 3.05) is 38.0 Å². The van der Waals surface area contributed by atoms with Gasteiger partial charge in [-0.1, -0.05) is 12.1 Å². The zero-order valence-corrected chi connectivity index (χ0v) is 12.6. The number of benzene rings is 1. The molecule has 2 rings (SSSR count). The van der Waals surface area contributed by atoms with Crippen molar-refractivity contribution in [1.82, 2.24) is 10.2 Å². The summed E-state index contributed by atoms with van der Waals surface area (Å²) in [5.74, 6) is 0.00388. The summed E-state index contributed by atoms with van der Waals surface area (Å²) in [6.45, 7) is 7.87. The Labute approximate surface area is 125 Å². The van der Waals surface area contributed by atoms with Crippen LogP contribution in [0.5, 0.6) is 0 Å². The van der Waals surface area contributed by atoms with Gasteiger partial charge in [-0.15, -0.1) is 0 Å². The Morgan fingerprint density at radius 1 is 1.33 bits per heavy atom. The number of amides is 1. The van der Waals surface area contributed by atoms with Gasteiger partial charge in [-0.2, -0.15) is 5.26 Å². The van der Waals surface area contributed by atoms with Crippen molar-refractivity contribution in [3.63, 3.8) is 0 Å². The van der Waals surface area contributed by atoms with Crippen LogP contribution in [0.4, 0.5) is 5.69 Å². The number of nitrogens with one attached hydrogen (secondary N) is 2. The fourth-order valence-electron chi connectivity index (χ4n) is 2.31. The number of nitrogens with zero attached hydrogens (tertiary/aromatic N) is 2. The highest BCUT2D eigenvalue weighted by molar-refractivity contribution is 5.92. The Kier molecular flexibility index (Phi) is 4.94. The molecule has 0 spiro atoms. The number of anilines is 1. The van der Waals surface area contributed by atoms with Gasteiger partial charge in [-0.3, -0.25) is 9.69 Å². The summed E-state index contributed by atoms with van der Waals surface area (Å²) >= 11 is 0. The number of nitriles is 1. The molecule has 0 saturated carbocycles. The lowest BCUT2D eigenvalue weighted by atomic mass is 9.86. The normalized spacial score (nSPS) is 16.2. The molecule has 0 aromatic heterocycles. The first-order valence-corrected chi connectivity index (χ1v) is 7.26. The van der Waals surface area contributed by atoms with Crippen molar-refractivity contribution in [3.05, 3.63) is 29.8 Å². The van der Waals surface area contributed by atoms with Crippen molar-refractivity contribution in [2.24, 2.45) is 0 Å². The average Bonchev–Trinajstić information content (AvgIpc) is 2.48. The minimum atomic E-state index is -0.511. The van der Waals surface area contributed by atoms with Crippen molar-refractivity contribution in [1.29, 1.82) is 5.26 Å². The fourth-order valence-corrected chi connectivity index (χ4v) is 2.31. The maximum atomic E-state index is 12.0. The molecule has 1 aromatic carbocycles. The predicted octanol–water partition coefficient (Wildman–Crippen LogP) is 1.33. The van der Waals surface area contributed by atoms with E-state index in [1.807, 2.05) is 38.1 Å². The SMILES string of the molecule is CC(C)(C#N)c1ccc(NC(=O)CN2CCNCC2)cc1. The maximum absolute atomic E-state index is 12.0. The number of rotatable bonds is 4. The van der Waals surface area contributed by atoms with Gasteiger partial charge in [0.05, 0.1) is 18.0 Å². The van der Waals surface area contributed by atoms with Crippen LogP contribution < -0.4 is 10.6 Å². The molecule has 0 radical (unpaired) electrons. The van der Waals surface area contributed by atoms with Gasteiger partial charge in [0.2, 0.25) is 5.91 Å². The molecule has 5 heteroatoms. The molecule has 1 aliphatic heterocycles. The number of hydrogen-bond acceptors (Lipinski definition) is 4. The van der Waals surface area contributed by atoms with E-state index in [2.05, 4.69) is 21.6 Å². The van der Waals surface area contributed by atoms with E-state index in [-0.39, 0.29) is 5.91 Å². The second kappa shape index (κ2) is 6.70. The standard InChI is InChI=1S/C16H22N4O/c1-16(2,12-17)13-3-5-14(6-4-13)19-15(21)11-20-9-7-18-8-10-20/h3-6,18H,7-11H2,1-2H3,(H,19,21). The van der Waals surface area contributed by atoms with Crippen LogP contribution in [-0.4, -0.2) is 43.5 Å². The van der Waals surface area contributed by atoms with E-state index in [1.54, 1.807) is 0 Å². The molecule has 112 valence electrons. The highest BCUT2D eigenvalue weighted by atomic mass is 16.2. The zero-order chi connectivity index (χ0) is 15.3. The van der Waals surface area contributed by atoms with Gasteiger partial charge >= 0.3 is 0 Å². The second-order valence-corrected chi connectivity index (χ2v) is 5.89. The number of piperazine rings is 1. The molecule has 0 unspecified atom stereocenters. The van der Waals surface area contributed by atoms with Gasteiger partial charge in [0, 0.05) is 31.9 Å². The molecule has 1 amide bonds. The fraction of sp³-hybridized carbons (Fsp3) is 0.500. The maximum Gasteiger partial charge on any atom is 0.238 e. The van der Waals surface area contributed by atoms with Crippen LogP contribution in [0.1, 0.15) is 19.4 Å². The molecule has 1 aromatic rings. The van der Waals surface area contributed by atoms with Gasteiger partial charge in [0.1, 0.15) is 0 Å². The predicted molar refractivity (Wildman–Crippen MR) is 83.0 cm³/mol. The quantitative estimate of drug-likeness (QED) is 0.876. The summed E-state index contributed by atoms with van der Waals surface area (Å²) in [5.41, 5.74) is 1.21. The molecular formula is C16H22N4O. The van der Waals surface area contributed by atoms with Crippen LogP contribution in [0.3, 0.4) is 0 Å². The monoisotopic (exact) mass is 286 g/mol. The Morgan fingerprint density at radius 3 is 2.52 bits per heavy atom. The summed E-state index contributed by atoms with van der Waals surface area (Å²) in [6.07, 6.45) is 0. The molecule has 21 heavy (non-hydrogen) atoms. The van der Waals surface area contributed by atoms with Crippen molar-refractivity contribution < 1.29 is 4.79 Å². The largest absolute Gasteiger partial charge is 0.325 e. The first-order valence-electron chi connectivity index (χ1n) is 7.26. The minimum Gasteiger partial charge on any atom is -0.325 e. The van der Waals surface area contributed by atoms with Gasteiger partial charge < -0.3 is 10.6 Å². The minimum absolute atomic E-state index is 0.00388. The third kappa shape index (κ3) is 4.28. The summed E-state index contributed by atoms with van der Waals surface area (Å²) in [4.78, 5) is 14.1. The average molecular weight is 286 g/mol. The lowest BCUT2D eigenvalue weighted by Crippen LogP contribution is -2.46. The van der Waals surface area contributed by atoms with Crippen LogP contribution in [0, 0.1) is 11.3 Å². The van der Waals surface area contributed by atoms with E-state index in [0.717, 1.165) is 37.4 Å². The van der Waals surface area contributed by atoms with Gasteiger partial charge in [0.15, 0.2) is 0 Å². The number of carbonyl (C=O) groups excluding carboxylic acids is 1. The summed E-state index contributed by atoms with van der Waals surface area (Å²) in [6, 6.07) is 9.76. The Hall–Kier alpha value is -1.90. The van der Waals surface area contributed by atoms with Crippen LogP contribution in [0.2, 0.25) is 0 Å². The molecule has 1 aliphatic rings. The number of carbonyl (C=O) groups is 1. The molecule has 1 heterocycles. The van der Waals surface area contributed by atoms with Crippen molar-refractivity contribution in [2.45, 2.75) is 19.3 Å². The van der Waals surface area contributed by atoms with Crippen LogP contribution in [0.25, 0.3) is 0 Å². The van der Waals surface area contributed by atoms with E-state index in [4.69, 9.17) is 5.26 Å². The molecule has 0 bridgehead atoms. The summed E-state index contributed by atoms with van der Waals surface area (Å²) in [7, 11) is 0. The second-order valence-electron chi connectivity index (χ2n) is 5.89. The molecule has 5 nitrogen and oxygen atoms in total. The smallest absolute Gasteiger partial charge is 0.238 e. The van der Waals surface area contributed by atoms with Crippen molar-refractivity contribution in [3.8, 4) is 6.07 Å². The van der Waals surface area contributed by atoms with Crippen LogP contribution in [-0.2, 0) is 10.2 Å². The van der Waals surface area contributed by atoms with Gasteiger partial charge in [-0.05, 0) is 31.5 Å². The third-order valence-corrected chi connectivity index (χ3v) is 3.75.